The van der Waals surface area contributed by atoms with Gasteiger partial charge in [0, 0.05) is 0 Å². The van der Waals surface area contributed by atoms with E-state index in [4.69, 9.17) is 0 Å². The monoisotopic (exact) mass is 236 g/mol. The maximum Gasteiger partial charge on any atom is 4.00 e. The molecule has 76 valence electrons. The summed E-state index contributed by atoms with van der Waals surface area (Å²) in [5.41, 5.74) is 0. The van der Waals surface area contributed by atoms with Crippen LogP contribution in [0, 0.1) is 0 Å². The Balaban J connectivity index is -0.000000196. The van der Waals surface area contributed by atoms with Crippen LogP contribution >= 0.6 is 0 Å². The van der Waals surface area contributed by atoms with Crippen molar-refractivity contribution in [2.45, 2.75) is 0 Å². The first-order valence-corrected chi connectivity index (χ1v) is 4.23. The van der Waals surface area contributed by atoms with Gasteiger partial charge in [0.05, 0.1) is 0 Å². The summed E-state index contributed by atoms with van der Waals surface area (Å²) in [5.74, 6) is 0.144. The predicted molar refractivity (Wildman–Crippen MR) is 54.0 cm³/mol. The number of para-hydroxylation sites is 2. The molecule has 0 saturated carbocycles. The molecule has 0 aliphatic heterocycles. The molecule has 0 aliphatic carbocycles. The van der Waals surface area contributed by atoms with Crippen molar-refractivity contribution >= 4 is 0 Å². The van der Waals surface area contributed by atoms with E-state index in [1.807, 2.05) is 12.1 Å². The van der Waals surface area contributed by atoms with Gasteiger partial charge in [-0.2, -0.15) is 0 Å². The van der Waals surface area contributed by atoms with Crippen LogP contribution in [0.3, 0.4) is 0 Å². The van der Waals surface area contributed by atoms with Crippen molar-refractivity contribution in [1.82, 2.24) is 0 Å². The number of benzene rings is 2. The average molecular weight is 236 g/mol. The van der Waals surface area contributed by atoms with Crippen LogP contribution in [0.15, 0.2) is 60.7 Å². The summed E-state index contributed by atoms with van der Waals surface area (Å²) in [6.07, 6.45) is 0. The van der Waals surface area contributed by atoms with Crippen molar-refractivity contribution in [2.75, 3.05) is 0 Å². The van der Waals surface area contributed by atoms with Gasteiger partial charge in [-0.25, -0.2) is 0 Å². The summed E-state index contributed by atoms with van der Waals surface area (Å²) < 4.78 is 0. The second-order valence-corrected chi connectivity index (χ2v) is 2.63. The fraction of sp³-hybridized carbons (Fsp3) is 0. The van der Waals surface area contributed by atoms with E-state index in [0.717, 1.165) is 0 Å². The van der Waals surface area contributed by atoms with Crippen molar-refractivity contribution in [3.05, 3.63) is 60.7 Å². The first kappa shape index (κ1) is 13.8. The third-order valence-corrected chi connectivity index (χ3v) is 1.49. The van der Waals surface area contributed by atoms with E-state index in [1.165, 1.54) is 24.3 Å². The molecule has 2 nitrogen and oxygen atoms in total. The predicted octanol–water partition coefficient (Wildman–Crippen LogP) is 1.74. The molecular formula is C12H12O2Ti. The molecule has 0 saturated heterocycles. The van der Waals surface area contributed by atoms with Gasteiger partial charge in [0.25, 0.3) is 0 Å². The Hall–Kier alpha value is -1.25. The van der Waals surface area contributed by atoms with E-state index in [9.17, 15) is 10.2 Å². The van der Waals surface area contributed by atoms with Crippen molar-refractivity contribution in [3.63, 3.8) is 0 Å². The molecule has 2 rings (SSSR count). The number of hydrogen-bond acceptors (Lipinski definition) is 2. The van der Waals surface area contributed by atoms with Crippen LogP contribution in [0.1, 0.15) is 2.85 Å². The maximum atomic E-state index is 10.3. The molecule has 2 aromatic carbocycles. The topological polar surface area (TPSA) is 46.1 Å². The SMILES string of the molecule is [H-].[H-].[O-]c1ccccc1.[O-]c1ccccc1.[Ti+4]. The minimum atomic E-state index is 0. The molecule has 15 heavy (non-hydrogen) atoms. The Kier molecular flexibility index (Phi) is 7.42. The summed E-state index contributed by atoms with van der Waals surface area (Å²) in [5, 5.41) is 20.5. The quantitative estimate of drug-likeness (QED) is 0.654. The van der Waals surface area contributed by atoms with Crippen LogP contribution in [0.4, 0.5) is 0 Å². The smallest absolute Gasteiger partial charge is 1.00 e. The fourth-order valence-electron chi connectivity index (χ4n) is 0.841. The molecule has 3 heteroatoms. The van der Waals surface area contributed by atoms with Crippen LogP contribution in [-0.4, -0.2) is 0 Å². The summed E-state index contributed by atoms with van der Waals surface area (Å²) in [6.45, 7) is 0. The second kappa shape index (κ2) is 8.09. The molecular weight excluding hydrogens is 224 g/mol. The molecule has 0 bridgehead atoms. The maximum absolute atomic E-state index is 10.3. The second-order valence-electron chi connectivity index (χ2n) is 2.63. The summed E-state index contributed by atoms with van der Waals surface area (Å²) in [6, 6.07) is 16.7. The molecule has 0 spiro atoms. The van der Waals surface area contributed by atoms with E-state index in [1.54, 1.807) is 24.3 Å². The Bertz CT molecular complexity index is 320. The van der Waals surface area contributed by atoms with E-state index in [0.29, 0.717) is 0 Å². The van der Waals surface area contributed by atoms with Gasteiger partial charge in [-0.3, -0.25) is 0 Å². The van der Waals surface area contributed by atoms with Gasteiger partial charge in [0.15, 0.2) is 0 Å². The van der Waals surface area contributed by atoms with Crippen LogP contribution in [0.5, 0.6) is 11.5 Å². The van der Waals surface area contributed by atoms with Crippen LogP contribution in [0.25, 0.3) is 0 Å². The summed E-state index contributed by atoms with van der Waals surface area (Å²) >= 11 is 0. The van der Waals surface area contributed by atoms with Crippen LogP contribution in [-0.2, 0) is 21.7 Å². The van der Waals surface area contributed by atoms with Gasteiger partial charge in [0.1, 0.15) is 0 Å². The van der Waals surface area contributed by atoms with E-state index >= 15 is 0 Å². The summed E-state index contributed by atoms with van der Waals surface area (Å²) in [4.78, 5) is 0. The van der Waals surface area contributed by atoms with Gasteiger partial charge in [0.2, 0.25) is 0 Å². The van der Waals surface area contributed by atoms with Gasteiger partial charge in [-0.1, -0.05) is 60.7 Å². The van der Waals surface area contributed by atoms with E-state index in [-0.39, 0.29) is 36.1 Å². The minimum Gasteiger partial charge on any atom is -1.00 e. The van der Waals surface area contributed by atoms with Gasteiger partial charge in [-0.15, -0.1) is 11.5 Å². The normalized spacial score (nSPS) is 8.00. The van der Waals surface area contributed by atoms with Crippen LogP contribution in [0.2, 0.25) is 0 Å². The van der Waals surface area contributed by atoms with Crippen molar-refractivity contribution in [2.24, 2.45) is 0 Å². The molecule has 0 amide bonds. The molecule has 0 fully saturated rings. The molecule has 0 atom stereocenters. The van der Waals surface area contributed by atoms with Crippen LogP contribution < -0.4 is 10.2 Å². The molecule has 0 aliphatic rings. The first-order chi connectivity index (χ1) is 6.79. The Labute approximate surface area is 107 Å². The summed E-state index contributed by atoms with van der Waals surface area (Å²) in [7, 11) is 0. The van der Waals surface area contributed by atoms with Crippen molar-refractivity contribution in [3.8, 4) is 11.5 Å². The minimum absolute atomic E-state index is 0. The zero-order valence-corrected chi connectivity index (χ0v) is 9.65. The number of rotatable bonds is 0. The Morgan fingerprint density at radius 2 is 0.867 bits per heavy atom. The van der Waals surface area contributed by atoms with Crippen molar-refractivity contribution in [1.29, 1.82) is 0 Å². The van der Waals surface area contributed by atoms with E-state index < -0.39 is 0 Å². The zero-order valence-electron chi connectivity index (χ0n) is 10.1. The standard InChI is InChI=1S/2C6H6O.Ti.2H/c2*7-6-4-2-1-3-5-6;;;/h2*1-5,7H;;;/q;;+4;2*-1/p-2. The molecule has 2 aromatic rings. The van der Waals surface area contributed by atoms with Crippen molar-refractivity contribution < 1.29 is 34.8 Å². The largest absolute Gasteiger partial charge is 4.00 e. The van der Waals surface area contributed by atoms with E-state index in [2.05, 4.69) is 0 Å². The molecule has 0 radical (unpaired) electrons. The first-order valence-electron chi connectivity index (χ1n) is 4.23. The molecule has 0 unspecified atom stereocenters. The zero-order chi connectivity index (χ0) is 10.2. The number of hydrogen-bond donors (Lipinski definition) is 0. The average Bonchev–Trinajstić information content (AvgIpc) is 2.21. The molecule has 0 heterocycles. The van der Waals surface area contributed by atoms with Gasteiger partial charge in [-0.05, 0) is 0 Å². The van der Waals surface area contributed by atoms with Gasteiger partial charge >= 0.3 is 21.7 Å². The Morgan fingerprint density at radius 3 is 1.00 bits per heavy atom. The molecule has 0 aromatic heterocycles. The Morgan fingerprint density at radius 1 is 0.600 bits per heavy atom. The fourth-order valence-corrected chi connectivity index (χ4v) is 0.841. The third-order valence-electron chi connectivity index (χ3n) is 1.49. The van der Waals surface area contributed by atoms with Gasteiger partial charge < -0.3 is 13.1 Å². The molecule has 0 N–H and O–H groups in total. The third kappa shape index (κ3) is 6.78.